The van der Waals surface area contributed by atoms with E-state index in [4.69, 9.17) is 0 Å². The summed E-state index contributed by atoms with van der Waals surface area (Å²) in [5, 5.41) is 0.429. The number of aliphatic imine (C=N–C) groups is 1. The molecule has 0 atom stereocenters. The molecular weight excluding hydrogens is 188 g/mol. The van der Waals surface area contributed by atoms with E-state index in [-0.39, 0.29) is 18.5 Å². The fourth-order valence-corrected chi connectivity index (χ4v) is 0.858. The molecule has 0 bridgehead atoms. The first-order valence-electron chi connectivity index (χ1n) is 3.80. The zero-order valence-electron chi connectivity index (χ0n) is 7.36. The Labute approximate surface area is 79.8 Å². The third kappa shape index (κ3) is 1.85. The number of carbonyl (C=O) groups is 3. The highest BCUT2D eigenvalue weighted by molar-refractivity contribution is 6.02. The summed E-state index contributed by atoms with van der Waals surface area (Å²) in [6.07, 6.45) is 0.111. The van der Waals surface area contributed by atoms with Crippen molar-refractivity contribution in [1.29, 1.82) is 0 Å². The van der Waals surface area contributed by atoms with Crippen molar-refractivity contribution in [1.82, 2.24) is 5.06 Å². The highest BCUT2D eigenvalue weighted by Gasteiger charge is 2.33. The molecule has 1 rings (SSSR count). The summed E-state index contributed by atoms with van der Waals surface area (Å²) in [6.45, 7) is 6.27. The lowest BCUT2D eigenvalue weighted by molar-refractivity contribution is -0.194. The molecule has 2 amide bonds. The Morgan fingerprint density at radius 1 is 1.36 bits per heavy atom. The van der Waals surface area contributed by atoms with Gasteiger partial charge in [-0.05, 0) is 6.72 Å². The molecule has 1 fully saturated rings. The molecule has 0 spiro atoms. The molecule has 6 nitrogen and oxygen atoms in total. The van der Waals surface area contributed by atoms with Gasteiger partial charge in [-0.1, -0.05) is 6.58 Å². The second kappa shape index (κ2) is 3.82. The van der Waals surface area contributed by atoms with Crippen LogP contribution in [0, 0.1) is 0 Å². The zero-order chi connectivity index (χ0) is 10.7. The SMILES string of the molecule is C=NC(=C)C(=O)ON1C(=O)CCC1=O. The lowest BCUT2D eigenvalue weighted by Crippen LogP contribution is -2.32. The minimum absolute atomic E-state index is 0.0557. The third-order valence-corrected chi connectivity index (χ3v) is 1.61. The van der Waals surface area contributed by atoms with Crippen molar-refractivity contribution in [3.63, 3.8) is 0 Å². The molecule has 0 saturated carbocycles. The van der Waals surface area contributed by atoms with Gasteiger partial charge in [-0.15, -0.1) is 5.06 Å². The molecule has 0 radical (unpaired) electrons. The van der Waals surface area contributed by atoms with Crippen LogP contribution in [-0.4, -0.2) is 29.6 Å². The van der Waals surface area contributed by atoms with Gasteiger partial charge in [0.25, 0.3) is 11.8 Å². The van der Waals surface area contributed by atoms with Gasteiger partial charge in [0.15, 0.2) is 0 Å². The monoisotopic (exact) mass is 196 g/mol. The maximum absolute atomic E-state index is 11.0. The average molecular weight is 196 g/mol. The number of imide groups is 1. The molecule has 0 unspecified atom stereocenters. The summed E-state index contributed by atoms with van der Waals surface area (Å²) in [5.74, 6) is -2.04. The molecule has 1 aliphatic rings. The maximum Gasteiger partial charge on any atom is 0.381 e. The van der Waals surface area contributed by atoms with E-state index in [2.05, 4.69) is 23.1 Å². The van der Waals surface area contributed by atoms with Crippen LogP contribution in [0.4, 0.5) is 0 Å². The van der Waals surface area contributed by atoms with Crippen LogP contribution in [0.3, 0.4) is 0 Å². The second-order valence-electron chi connectivity index (χ2n) is 2.57. The minimum Gasteiger partial charge on any atom is -0.323 e. The fourth-order valence-electron chi connectivity index (χ4n) is 0.858. The van der Waals surface area contributed by atoms with Crippen LogP contribution in [0.2, 0.25) is 0 Å². The lowest BCUT2D eigenvalue weighted by Gasteiger charge is -2.11. The Hall–Kier alpha value is -1.98. The summed E-state index contributed by atoms with van der Waals surface area (Å²) >= 11 is 0. The molecule has 0 N–H and O–H groups in total. The summed E-state index contributed by atoms with van der Waals surface area (Å²) in [5.41, 5.74) is -0.252. The quantitative estimate of drug-likeness (QED) is 0.356. The summed E-state index contributed by atoms with van der Waals surface area (Å²) in [7, 11) is 0. The van der Waals surface area contributed by atoms with Crippen molar-refractivity contribution >= 4 is 24.5 Å². The number of nitrogens with zero attached hydrogens (tertiary/aromatic N) is 2. The predicted molar refractivity (Wildman–Crippen MR) is 45.9 cm³/mol. The summed E-state index contributed by atoms with van der Waals surface area (Å²) in [6, 6.07) is 0. The Balaban J connectivity index is 2.64. The van der Waals surface area contributed by atoms with Gasteiger partial charge in [0.05, 0.1) is 0 Å². The molecule has 0 aromatic heterocycles. The highest BCUT2D eigenvalue weighted by Crippen LogP contribution is 2.13. The standard InChI is InChI=1S/C8H8N2O4/c1-5(9-2)8(13)14-10-6(11)3-4-7(10)12/h1-4H2. The van der Waals surface area contributed by atoms with Crippen molar-refractivity contribution in [2.45, 2.75) is 12.8 Å². The van der Waals surface area contributed by atoms with Crippen LogP contribution < -0.4 is 0 Å². The molecule has 74 valence electrons. The van der Waals surface area contributed by atoms with E-state index in [9.17, 15) is 14.4 Å². The normalized spacial score (nSPS) is 15.6. The molecular formula is C8H8N2O4. The van der Waals surface area contributed by atoms with E-state index < -0.39 is 17.8 Å². The first kappa shape index (κ1) is 10.1. The second-order valence-corrected chi connectivity index (χ2v) is 2.57. The molecule has 0 aromatic rings. The van der Waals surface area contributed by atoms with Gasteiger partial charge < -0.3 is 4.84 Å². The van der Waals surface area contributed by atoms with Crippen LogP contribution in [0.25, 0.3) is 0 Å². The van der Waals surface area contributed by atoms with Gasteiger partial charge in [0.2, 0.25) is 0 Å². The average Bonchev–Trinajstić information content (AvgIpc) is 2.48. The first-order valence-corrected chi connectivity index (χ1v) is 3.80. The van der Waals surface area contributed by atoms with Crippen LogP contribution in [-0.2, 0) is 19.2 Å². The van der Waals surface area contributed by atoms with Crippen LogP contribution in [0.5, 0.6) is 0 Å². The largest absolute Gasteiger partial charge is 0.381 e. The van der Waals surface area contributed by atoms with Crippen LogP contribution in [0.15, 0.2) is 17.3 Å². The molecule has 1 aliphatic heterocycles. The van der Waals surface area contributed by atoms with Crippen molar-refractivity contribution < 1.29 is 19.2 Å². The van der Waals surface area contributed by atoms with E-state index in [0.29, 0.717) is 5.06 Å². The Kier molecular flexibility index (Phi) is 2.76. The number of carbonyl (C=O) groups excluding carboxylic acids is 3. The van der Waals surface area contributed by atoms with Crippen molar-refractivity contribution in [2.75, 3.05) is 0 Å². The molecule has 0 aliphatic carbocycles. The number of rotatable bonds is 3. The van der Waals surface area contributed by atoms with E-state index in [1.165, 1.54) is 0 Å². The number of hydrogen-bond acceptors (Lipinski definition) is 5. The lowest BCUT2D eigenvalue weighted by atomic mass is 10.4. The van der Waals surface area contributed by atoms with E-state index in [1.807, 2.05) is 0 Å². The Bertz CT molecular complexity index is 318. The van der Waals surface area contributed by atoms with Gasteiger partial charge in [-0.25, -0.2) is 4.79 Å². The highest BCUT2D eigenvalue weighted by atomic mass is 16.7. The van der Waals surface area contributed by atoms with E-state index in [1.54, 1.807) is 0 Å². The Morgan fingerprint density at radius 2 is 1.86 bits per heavy atom. The number of amides is 2. The first-order chi connectivity index (χ1) is 6.56. The number of hydroxylamine groups is 2. The van der Waals surface area contributed by atoms with E-state index >= 15 is 0 Å². The molecule has 1 heterocycles. The van der Waals surface area contributed by atoms with Crippen LogP contribution >= 0.6 is 0 Å². The molecule has 1 saturated heterocycles. The zero-order valence-corrected chi connectivity index (χ0v) is 7.36. The van der Waals surface area contributed by atoms with Gasteiger partial charge >= 0.3 is 5.97 Å². The predicted octanol–water partition coefficient (Wildman–Crippen LogP) is -0.192. The topological polar surface area (TPSA) is 76.0 Å². The van der Waals surface area contributed by atoms with Gasteiger partial charge in [0.1, 0.15) is 5.70 Å². The molecule has 6 heteroatoms. The Morgan fingerprint density at radius 3 is 2.29 bits per heavy atom. The van der Waals surface area contributed by atoms with Crippen molar-refractivity contribution in [3.8, 4) is 0 Å². The van der Waals surface area contributed by atoms with Crippen LogP contribution in [0.1, 0.15) is 12.8 Å². The van der Waals surface area contributed by atoms with Gasteiger partial charge in [-0.2, -0.15) is 0 Å². The minimum atomic E-state index is -0.955. The van der Waals surface area contributed by atoms with Gasteiger partial charge in [-0.3, -0.25) is 14.6 Å². The third-order valence-electron chi connectivity index (χ3n) is 1.61. The van der Waals surface area contributed by atoms with Crippen molar-refractivity contribution in [3.05, 3.63) is 12.3 Å². The smallest absolute Gasteiger partial charge is 0.323 e. The van der Waals surface area contributed by atoms with E-state index in [0.717, 1.165) is 0 Å². The summed E-state index contributed by atoms with van der Waals surface area (Å²) in [4.78, 5) is 40.6. The fraction of sp³-hybridized carbons (Fsp3) is 0.250. The molecule has 14 heavy (non-hydrogen) atoms. The molecule has 0 aromatic carbocycles. The summed E-state index contributed by atoms with van der Waals surface area (Å²) < 4.78 is 0. The maximum atomic E-state index is 11.0. The number of hydrogen-bond donors (Lipinski definition) is 0. The van der Waals surface area contributed by atoms with Gasteiger partial charge in [0, 0.05) is 12.8 Å². The van der Waals surface area contributed by atoms with Crippen molar-refractivity contribution in [2.24, 2.45) is 4.99 Å².